The van der Waals surface area contributed by atoms with Crippen molar-refractivity contribution in [3.63, 3.8) is 0 Å². The van der Waals surface area contributed by atoms with E-state index in [2.05, 4.69) is 13.8 Å². The zero-order chi connectivity index (χ0) is 9.94. The normalized spacial score (nSPS) is 13.1. The number of unbranched alkanes of at least 4 members (excludes halogenated alkanes) is 4. The van der Waals surface area contributed by atoms with Crippen molar-refractivity contribution in [1.29, 1.82) is 0 Å². The number of hydrogen-bond donors (Lipinski definition) is 0. The minimum Gasteiger partial charge on any atom is -0.248 e. The maximum Gasteiger partial charge on any atom is 0.0803 e. The Morgan fingerprint density at radius 2 is 1.62 bits per heavy atom. The Balaban J connectivity index is 3.11. The van der Waals surface area contributed by atoms with Gasteiger partial charge in [0.15, 0.2) is 0 Å². The summed E-state index contributed by atoms with van der Waals surface area (Å²) in [7, 11) is 1.03. The maximum absolute atomic E-state index is 11.4. The summed E-state index contributed by atoms with van der Waals surface area (Å²) in [5.41, 5.74) is 0. The first-order valence-corrected chi connectivity index (χ1v) is 8.15. The molecule has 0 spiro atoms. The first kappa shape index (κ1) is 13.5. The highest BCUT2D eigenvalue weighted by atomic mass is 33.1. The van der Waals surface area contributed by atoms with Crippen LogP contribution in [0, 0.1) is 0 Å². The van der Waals surface area contributed by atoms with Crippen molar-refractivity contribution in [2.45, 2.75) is 52.4 Å². The first-order valence-electron chi connectivity index (χ1n) is 5.32. The van der Waals surface area contributed by atoms with Gasteiger partial charge in [0.05, 0.1) is 9.83 Å². The van der Waals surface area contributed by atoms with Crippen molar-refractivity contribution in [3.05, 3.63) is 0 Å². The molecule has 0 aliphatic carbocycles. The number of rotatable bonds is 9. The molecule has 0 unspecified atom stereocenters. The molecule has 1 atom stereocenters. The van der Waals surface area contributed by atoms with E-state index in [4.69, 9.17) is 0 Å². The van der Waals surface area contributed by atoms with Gasteiger partial charge in [0.25, 0.3) is 0 Å². The van der Waals surface area contributed by atoms with Crippen molar-refractivity contribution in [2.75, 3.05) is 11.5 Å². The van der Waals surface area contributed by atoms with Gasteiger partial charge in [-0.1, -0.05) is 50.3 Å². The monoisotopic (exact) mass is 222 g/mol. The zero-order valence-electron chi connectivity index (χ0n) is 8.88. The molecule has 0 aromatic carbocycles. The quantitative estimate of drug-likeness (QED) is 0.436. The average molecular weight is 222 g/mol. The predicted octanol–water partition coefficient (Wildman–Crippen LogP) is 3.76. The highest BCUT2D eigenvalue weighted by Gasteiger charge is 1.99. The second-order valence-electron chi connectivity index (χ2n) is 3.24. The van der Waals surface area contributed by atoms with E-state index in [0.717, 1.165) is 17.9 Å². The van der Waals surface area contributed by atoms with E-state index >= 15 is 0 Å². The Labute approximate surface area is 88.9 Å². The Bertz CT molecular complexity index is 126. The Hall–Kier alpha value is 0.500. The molecule has 80 valence electrons. The molecule has 3 heteroatoms. The molecule has 0 fully saturated rings. The predicted molar refractivity (Wildman–Crippen MR) is 64.5 cm³/mol. The maximum atomic E-state index is 11.4. The van der Waals surface area contributed by atoms with Crippen LogP contribution in [0.3, 0.4) is 0 Å². The van der Waals surface area contributed by atoms with E-state index in [0.29, 0.717) is 0 Å². The summed E-state index contributed by atoms with van der Waals surface area (Å²) < 4.78 is 11.4. The van der Waals surface area contributed by atoms with Crippen molar-refractivity contribution in [3.8, 4) is 0 Å². The molecular weight excluding hydrogens is 200 g/mol. The van der Waals surface area contributed by atoms with Gasteiger partial charge in [-0.25, -0.2) is 4.21 Å². The molecule has 13 heavy (non-hydrogen) atoms. The van der Waals surface area contributed by atoms with Crippen LogP contribution < -0.4 is 0 Å². The van der Waals surface area contributed by atoms with E-state index in [9.17, 15) is 4.21 Å². The fourth-order valence-electron chi connectivity index (χ4n) is 1.03. The highest BCUT2D eigenvalue weighted by Crippen LogP contribution is 2.13. The molecular formula is C10H22OS2. The molecule has 0 heterocycles. The fourth-order valence-corrected chi connectivity index (χ4v) is 3.72. The summed E-state index contributed by atoms with van der Waals surface area (Å²) in [5.74, 6) is 1.97. The van der Waals surface area contributed by atoms with E-state index in [-0.39, 0.29) is 0 Å². The summed E-state index contributed by atoms with van der Waals surface area (Å²) in [5, 5.41) is 0. The number of hydrogen-bond acceptors (Lipinski definition) is 2. The Kier molecular flexibility index (Phi) is 11.0. The van der Waals surface area contributed by atoms with Gasteiger partial charge in [0.1, 0.15) is 0 Å². The van der Waals surface area contributed by atoms with Crippen LogP contribution in [0.5, 0.6) is 0 Å². The fraction of sp³-hybridized carbons (Fsp3) is 1.00. The topological polar surface area (TPSA) is 17.1 Å². The standard InChI is InChI=1S/C10H22OS2/c1-3-5-7-9-12-13(11)10-8-6-4-2/h3-10H2,1-2H3/t13-/m1/s1. The van der Waals surface area contributed by atoms with Crippen LogP contribution in [0.1, 0.15) is 52.4 Å². The third-order valence-corrected chi connectivity index (χ3v) is 5.01. The van der Waals surface area contributed by atoms with E-state index in [1.54, 1.807) is 10.8 Å². The largest absolute Gasteiger partial charge is 0.248 e. The van der Waals surface area contributed by atoms with Crippen LogP contribution in [0.4, 0.5) is 0 Å². The van der Waals surface area contributed by atoms with Crippen LogP contribution in [0.25, 0.3) is 0 Å². The third kappa shape index (κ3) is 10.4. The van der Waals surface area contributed by atoms with Crippen LogP contribution in [-0.4, -0.2) is 15.7 Å². The van der Waals surface area contributed by atoms with Gasteiger partial charge in [-0.15, -0.1) is 0 Å². The minimum atomic E-state index is -0.608. The van der Waals surface area contributed by atoms with Gasteiger partial charge in [0.2, 0.25) is 0 Å². The second-order valence-corrected chi connectivity index (χ2v) is 6.73. The van der Waals surface area contributed by atoms with Gasteiger partial charge < -0.3 is 0 Å². The summed E-state index contributed by atoms with van der Waals surface area (Å²) >= 11 is 0. The van der Waals surface area contributed by atoms with Crippen LogP contribution in [-0.2, 0) is 9.83 Å². The van der Waals surface area contributed by atoms with Crippen molar-refractivity contribution in [2.24, 2.45) is 0 Å². The Morgan fingerprint density at radius 1 is 1.00 bits per heavy atom. The van der Waals surface area contributed by atoms with E-state index in [1.807, 2.05) is 0 Å². The van der Waals surface area contributed by atoms with Gasteiger partial charge in [-0.3, -0.25) is 0 Å². The van der Waals surface area contributed by atoms with Gasteiger partial charge >= 0.3 is 0 Å². The average Bonchev–Trinajstić information content (AvgIpc) is 2.13. The SMILES string of the molecule is CCCCCS[S@@](=O)CCCCC. The molecule has 0 aromatic rings. The molecule has 0 bridgehead atoms. The minimum absolute atomic E-state index is 0.608. The molecule has 0 saturated carbocycles. The smallest absolute Gasteiger partial charge is 0.0803 e. The molecule has 0 aromatic heterocycles. The second kappa shape index (κ2) is 10.6. The van der Waals surface area contributed by atoms with E-state index in [1.165, 1.54) is 32.1 Å². The first-order chi connectivity index (χ1) is 6.31. The summed E-state index contributed by atoms with van der Waals surface area (Å²) in [6.45, 7) is 4.38. The van der Waals surface area contributed by atoms with Gasteiger partial charge in [-0.2, -0.15) is 0 Å². The lowest BCUT2D eigenvalue weighted by Gasteiger charge is -2.00. The molecule has 0 aliphatic heterocycles. The summed E-state index contributed by atoms with van der Waals surface area (Å²) in [4.78, 5) is 0. The van der Waals surface area contributed by atoms with Gasteiger partial charge in [-0.05, 0) is 12.8 Å². The lowest BCUT2D eigenvalue weighted by molar-refractivity contribution is 0.685. The van der Waals surface area contributed by atoms with Crippen LogP contribution >= 0.6 is 10.8 Å². The molecule has 0 N–H and O–H groups in total. The third-order valence-electron chi connectivity index (χ3n) is 1.88. The Morgan fingerprint density at radius 3 is 2.23 bits per heavy atom. The van der Waals surface area contributed by atoms with E-state index < -0.39 is 9.83 Å². The molecule has 0 rings (SSSR count). The van der Waals surface area contributed by atoms with Crippen molar-refractivity contribution < 1.29 is 4.21 Å². The summed E-state index contributed by atoms with van der Waals surface area (Å²) in [6, 6.07) is 0. The molecule has 0 radical (unpaired) electrons. The molecule has 1 nitrogen and oxygen atoms in total. The van der Waals surface area contributed by atoms with Crippen LogP contribution in [0.15, 0.2) is 0 Å². The van der Waals surface area contributed by atoms with Crippen LogP contribution in [0.2, 0.25) is 0 Å². The summed E-state index contributed by atoms with van der Waals surface area (Å²) in [6.07, 6.45) is 7.33. The lowest BCUT2D eigenvalue weighted by Crippen LogP contribution is -1.93. The zero-order valence-corrected chi connectivity index (χ0v) is 10.5. The molecule has 0 amide bonds. The highest BCUT2D eigenvalue weighted by molar-refractivity contribution is 8.69. The van der Waals surface area contributed by atoms with Crippen molar-refractivity contribution >= 4 is 20.6 Å². The lowest BCUT2D eigenvalue weighted by atomic mass is 10.3. The molecule has 0 saturated heterocycles. The molecule has 0 aliphatic rings. The van der Waals surface area contributed by atoms with Crippen molar-refractivity contribution in [1.82, 2.24) is 0 Å². The van der Waals surface area contributed by atoms with Gasteiger partial charge in [0, 0.05) is 11.5 Å².